The Labute approximate surface area is 152 Å². The molecule has 0 aliphatic heterocycles. The third kappa shape index (κ3) is 5.12. The number of halogens is 1. The second-order valence-electron chi connectivity index (χ2n) is 7.35. The highest BCUT2D eigenvalue weighted by molar-refractivity contribution is 9.10. The van der Waals surface area contributed by atoms with Gasteiger partial charge in [0.25, 0.3) is 5.91 Å². The number of nitrogens with zero attached hydrogens (tertiary/aromatic N) is 3. The summed E-state index contributed by atoms with van der Waals surface area (Å²) >= 11 is 3.40. The van der Waals surface area contributed by atoms with Gasteiger partial charge in [-0.05, 0) is 41.9 Å². The van der Waals surface area contributed by atoms with Gasteiger partial charge in [0, 0.05) is 31.4 Å². The topological polar surface area (TPSA) is 69.0 Å². The molecular formula is C16H25BrN4O2Si. The Morgan fingerprint density at radius 2 is 2.12 bits per heavy atom. The zero-order chi connectivity index (χ0) is 17.9. The molecule has 0 saturated heterocycles. The van der Waals surface area contributed by atoms with E-state index in [1.54, 1.807) is 10.9 Å². The van der Waals surface area contributed by atoms with Gasteiger partial charge in [0.15, 0.2) is 11.3 Å². The van der Waals surface area contributed by atoms with E-state index in [4.69, 9.17) is 4.74 Å². The molecule has 2 heterocycles. The Morgan fingerprint density at radius 3 is 2.75 bits per heavy atom. The molecule has 8 heteroatoms. The first kappa shape index (κ1) is 19.1. The average Bonchev–Trinajstić information content (AvgIpc) is 2.80. The first-order valence-electron chi connectivity index (χ1n) is 8.08. The van der Waals surface area contributed by atoms with Gasteiger partial charge >= 0.3 is 0 Å². The number of fused-ring (bicyclic) bond motifs is 1. The molecule has 2 aromatic heterocycles. The van der Waals surface area contributed by atoms with Crippen LogP contribution in [0.3, 0.4) is 0 Å². The fourth-order valence-electron chi connectivity index (χ4n) is 2.15. The third-order valence-electron chi connectivity index (χ3n) is 3.40. The molecule has 0 saturated carbocycles. The number of hydrogen-bond acceptors (Lipinski definition) is 4. The molecule has 24 heavy (non-hydrogen) atoms. The molecule has 6 nitrogen and oxygen atoms in total. The number of nitrogens with one attached hydrogen (secondary N) is 1. The molecule has 2 aromatic rings. The van der Waals surface area contributed by atoms with Crippen molar-refractivity contribution in [2.24, 2.45) is 0 Å². The summed E-state index contributed by atoms with van der Waals surface area (Å²) in [7, 11) is -1.13. The van der Waals surface area contributed by atoms with E-state index < -0.39 is 8.07 Å². The molecule has 0 aliphatic rings. The van der Waals surface area contributed by atoms with E-state index in [0.717, 1.165) is 15.9 Å². The quantitative estimate of drug-likeness (QED) is 0.556. The molecule has 0 radical (unpaired) electrons. The van der Waals surface area contributed by atoms with Gasteiger partial charge in [-0.2, -0.15) is 5.10 Å². The van der Waals surface area contributed by atoms with E-state index in [0.29, 0.717) is 24.7 Å². The fourth-order valence-corrected chi connectivity index (χ4v) is 3.24. The van der Waals surface area contributed by atoms with E-state index in [1.807, 2.05) is 19.9 Å². The summed E-state index contributed by atoms with van der Waals surface area (Å²) in [5.74, 6) is -0.198. The van der Waals surface area contributed by atoms with Crippen LogP contribution in [-0.4, -0.2) is 41.4 Å². The predicted octanol–water partition coefficient (Wildman–Crippen LogP) is 3.64. The van der Waals surface area contributed by atoms with Gasteiger partial charge in [0.1, 0.15) is 6.73 Å². The lowest BCUT2D eigenvalue weighted by Gasteiger charge is -2.15. The predicted molar refractivity (Wildman–Crippen MR) is 102 cm³/mol. The number of pyridine rings is 1. The minimum absolute atomic E-state index is 0.0470. The SMILES string of the molecule is CC(C)NC(=O)c1nn(COCC[Si](C)(C)C)c2ncc(Br)cc12. The number of carbonyl (C=O) groups excluding carboxylic acids is 1. The van der Waals surface area contributed by atoms with Crippen molar-refractivity contribution in [3.05, 3.63) is 22.4 Å². The van der Waals surface area contributed by atoms with E-state index in [9.17, 15) is 4.79 Å². The van der Waals surface area contributed by atoms with Crippen LogP contribution in [-0.2, 0) is 11.5 Å². The van der Waals surface area contributed by atoms with Gasteiger partial charge in [0.05, 0.1) is 5.39 Å². The van der Waals surface area contributed by atoms with Crippen molar-refractivity contribution in [2.75, 3.05) is 6.61 Å². The summed E-state index contributed by atoms with van der Waals surface area (Å²) in [5.41, 5.74) is 1.03. The molecule has 0 aromatic carbocycles. The lowest BCUT2D eigenvalue weighted by atomic mass is 10.2. The van der Waals surface area contributed by atoms with Crippen molar-refractivity contribution in [3.8, 4) is 0 Å². The second-order valence-corrected chi connectivity index (χ2v) is 13.9. The van der Waals surface area contributed by atoms with Gasteiger partial charge in [-0.1, -0.05) is 19.6 Å². The van der Waals surface area contributed by atoms with Crippen LogP contribution in [0.5, 0.6) is 0 Å². The van der Waals surface area contributed by atoms with Crippen LogP contribution in [0.25, 0.3) is 11.0 Å². The van der Waals surface area contributed by atoms with Gasteiger partial charge in [-0.3, -0.25) is 4.79 Å². The molecule has 132 valence electrons. The van der Waals surface area contributed by atoms with Crippen molar-refractivity contribution in [3.63, 3.8) is 0 Å². The van der Waals surface area contributed by atoms with E-state index >= 15 is 0 Å². The normalized spacial score (nSPS) is 12.1. The minimum Gasteiger partial charge on any atom is -0.359 e. The van der Waals surface area contributed by atoms with Gasteiger partial charge < -0.3 is 10.1 Å². The smallest absolute Gasteiger partial charge is 0.272 e. The van der Waals surface area contributed by atoms with E-state index in [1.165, 1.54) is 0 Å². The monoisotopic (exact) mass is 412 g/mol. The Morgan fingerprint density at radius 1 is 1.42 bits per heavy atom. The number of amides is 1. The summed E-state index contributed by atoms with van der Waals surface area (Å²) in [6.45, 7) is 11.8. The summed E-state index contributed by atoms with van der Waals surface area (Å²) in [5, 5.41) is 8.02. The maximum absolute atomic E-state index is 12.4. The summed E-state index contributed by atoms with van der Waals surface area (Å²) in [6.07, 6.45) is 1.70. The van der Waals surface area contributed by atoms with Crippen LogP contribution in [0.4, 0.5) is 0 Å². The zero-order valence-electron chi connectivity index (χ0n) is 14.9. The van der Waals surface area contributed by atoms with Crippen LogP contribution in [0, 0.1) is 0 Å². The first-order valence-corrected chi connectivity index (χ1v) is 12.6. The molecule has 1 N–H and O–H groups in total. The van der Waals surface area contributed by atoms with E-state index in [2.05, 4.69) is 51.0 Å². The largest absolute Gasteiger partial charge is 0.359 e. The molecule has 0 atom stereocenters. The van der Waals surface area contributed by atoms with Crippen LogP contribution in [0.2, 0.25) is 25.7 Å². The van der Waals surface area contributed by atoms with Gasteiger partial charge in [-0.15, -0.1) is 0 Å². The van der Waals surface area contributed by atoms with Crippen LogP contribution in [0.15, 0.2) is 16.7 Å². The lowest BCUT2D eigenvalue weighted by Crippen LogP contribution is -2.30. The molecule has 1 amide bonds. The standard InChI is InChI=1S/C16H25BrN4O2Si/c1-11(2)19-16(22)14-13-8-12(17)9-18-15(13)21(20-14)10-23-6-7-24(3,4)5/h8-9,11H,6-7,10H2,1-5H3,(H,19,22). The highest BCUT2D eigenvalue weighted by atomic mass is 79.9. The van der Waals surface area contributed by atoms with Crippen molar-refractivity contribution in [1.29, 1.82) is 0 Å². The third-order valence-corrected chi connectivity index (χ3v) is 5.54. The molecule has 0 fully saturated rings. The number of aromatic nitrogens is 3. The summed E-state index contributed by atoms with van der Waals surface area (Å²) in [4.78, 5) is 16.8. The van der Waals surface area contributed by atoms with Crippen LogP contribution >= 0.6 is 15.9 Å². The molecule has 0 unspecified atom stereocenters. The molecular weight excluding hydrogens is 388 g/mol. The Balaban J connectivity index is 2.22. The highest BCUT2D eigenvalue weighted by Crippen LogP contribution is 2.21. The van der Waals surface area contributed by atoms with Gasteiger partial charge in [-0.25, -0.2) is 9.67 Å². The summed E-state index contributed by atoms with van der Waals surface area (Å²) < 4.78 is 8.23. The maximum Gasteiger partial charge on any atom is 0.272 e. The highest BCUT2D eigenvalue weighted by Gasteiger charge is 2.19. The van der Waals surface area contributed by atoms with E-state index in [-0.39, 0.29) is 11.9 Å². The number of rotatable bonds is 7. The Kier molecular flexibility index (Phi) is 6.16. The Hall–Kier alpha value is -1.25. The maximum atomic E-state index is 12.4. The van der Waals surface area contributed by atoms with Crippen molar-refractivity contribution in [1.82, 2.24) is 20.1 Å². The molecule has 0 aliphatic carbocycles. The molecule has 0 bridgehead atoms. The fraction of sp³-hybridized carbons (Fsp3) is 0.562. The number of ether oxygens (including phenoxy) is 1. The average molecular weight is 413 g/mol. The minimum atomic E-state index is -1.13. The molecule has 0 spiro atoms. The van der Waals surface area contributed by atoms with Crippen LogP contribution < -0.4 is 5.32 Å². The zero-order valence-corrected chi connectivity index (χ0v) is 17.5. The number of carbonyl (C=O) groups is 1. The van der Waals surface area contributed by atoms with Crippen molar-refractivity contribution < 1.29 is 9.53 Å². The summed E-state index contributed by atoms with van der Waals surface area (Å²) in [6, 6.07) is 3.00. The first-order chi connectivity index (χ1) is 11.2. The van der Waals surface area contributed by atoms with Crippen molar-refractivity contribution >= 4 is 40.9 Å². The second kappa shape index (κ2) is 7.75. The van der Waals surface area contributed by atoms with Crippen LogP contribution in [0.1, 0.15) is 24.3 Å². The number of hydrogen-bond donors (Lipinski definition) is 1. The van der Waals surface area contributed by atoms with Gasteiger partial charge in [0.2, 0.25) is 0 Å². The Bertz CT molecular complexity index is 725. The lowest BCUT2D eigenvalue weighted by molar-refractivity contribution is 0.0800. The van der Waals surface area contributed by atoms with Crippen molar-refractivity contribution in [2.45, 2.75) is 52.3 Å². The molecule has 2 rings (SSSR count).